The van der Waals surface area contributed by atoms with Crippen LogP contribution in [0.1, 0.15) is 21.8 Å². The Balaban J connectivity index is 2.11. The molecule has 6 heteroatoms. The van der Waals surface area contributed by atoms with Crippen molar-refractivity contribution in [3.05, 3.63) is 41.3 Å². The summed E-state index contributed by atoms with van der Waals surface area (Å²) in [7, 11) is 0. The molecule has 0 saturated carbocycles. The maximum atomic E-state index is 11.7. The van der Waals surface area contributed by atoms with Gasteiger partial charge in [-0.1, -0.05) is 27.9 Å². The highest BCUT2D eigenvalue weighted by molar-refractivity contribution is 6.03. The zero-order valence-electron chi connectivity index (χ0n) is 8.97. The summed E-state index contributed by atoms with van der Waals surface area (Å²) in [5, 5.41) is 17.8. The van der Waals surface area contributed by atoms with Gasteiger partial charge in [0.2, 0.25) is 0 Å². The molecule has 2 rings (SSSR count). The largest absolute Gasteiger partial charge is 0.394 e. The molecule has 0 radical (unpaired) electrons. The molecule has 2 aromatic rings. The molecule has 1 aromatic carbocycles. The number of amides is 1. The average molecular weight is 228 g/mol. The van der Waals surface area contributed by atoms with Crippen LogP contribution in [0.4, 0.5) is 6.01 Å². The fourth-order valence-electron chi connectivity index (χ4n) is 1.19. The van der Waals surface area contributed by atoms with E-state index in [1.165, 1.54) is 0 Å². The minimum absolute atomic E-state index is 0.0906. The Bertz CT molecular complexity index is 580. The first kappa shape index (κ1) is 10.8. The first-order valence-corrected chi connectivity index (χ1v) is 4.80. The molecule has 84 valence electrons. The first-order valence-electron chi connectivity index (χ1n) is 4.80. The molecule has 0 aliphatic rings. The molecule has 1 aromatic heterocycles. The summed E-state index contributed by atoms with van der Waals surface area (Å²) in [5.41, 5.74) is 1.54. The molecule has 0 saturated heterocycles. The molecule has 1 N–H and O–H groups in total. The van der Waals surface area contributed by atoms with Gasteiger partial charge in [0.1, 0.15) is 0 Å². The number of nitriles is 1. The van der Waals surface area contributed by atoms with Gasteiger partial charge in [0.05, 0.1) is 0 Å². The second kappa shape index (κ2) is 4.45. The maximum Gasteiger partial charge on any atom is 0.323 e. The zero-order chi connectivity index (χ0) is 12.3. The molecule has 17 heavy (non-hydrogen) atoms. The second-order valence-corrected chi connectivity index (χ2v) is 3.34. The van der Waals surface area contributed by atoms with Crippen LogP contribution in [-0.4, -0.2) is 16.1 Å². The molecule has 6 nitrogen and oxygen atoms in total. The topological polar surface area (TPSA) is 91.8 Å². The number of hydrogen-bond acceptors (Lipinski definition) is 5. The number of anilines is 1. The van der Waals surface area contributed by atoms with Crippen LogP contribution < -0.4 is 5.32 Å². The molecule has 0 bridgehead atoms. The van der Waals surface area contributed by atoms with Crippen LogP contribution in [0.15, 0.2) is 28.7 Å². The van der Waals surface area contributed by atoms with Gasteiger partial charge in [-0.3, -0.25) is 10.1 Å². The molecule has 0 aliphatic carbocycles. The van der Waals surface area contributed by atoms with E-state index in [2.05, 4.69) is 15.5 Å². The van der Waals surface area contributed by atoms with E-state index in [-0.39, 0.29) is 17.8 Å². The number of aromatic nitrogens is 2. The number of aryl methyl sites for hydroxylation is 1. The van der Waals surface area contributed by atoms with Gasteiger partial charge in [-0.2, -0.15) is 5.26 Å². The first-order chi connectivity index (χ1) is 8.19. The van der Waals surface area contributed by atoms with Crippen molar-refractivity contribution < 1.29 is 9.21 Å². The van der Waals surface area contributed by atoms with Crippen LogP contribution >= 0.6 is 0 Å². The van der Waals surface area contributed by atoms with Gasteiger partial charge in [-0.25, -0.2) is 0 Å². The maximum absolute atomic E-state index is 11.7. The lowest BCUT2D eigenvalue weighted by Gasteiger charge is -2.00. The zero-order valence-corrected chi connectivity index (χ0v) is 8.97. The van der Waals surface area contributed by atoms with Gasteiger partial charge >= 0.3 is 11.9 Å². The highest BCUT2D eigenvalue weighted by Crippen LogP contribution is 2.08. The average Bonchev–Trinajstić information content (AvgIpc) is 2.77. The number of rotatable bonds is 2. The van der Waals surface area contributed by atoms with E-state index in [4.69, 9.17) is 9.68 Å². The Kier molecular flexibility index (Phi) is 2.83. The molecule has 0 spiro atoms. The standard InChI is InChI=1S/C11H8N4O2/c1-7-2-4-8(5-3-7)10(16)13-11-15-14-9(6-12)17-11/h2-5H,1H3,(H,13,15,16). The van der Waals surface area contributed by atoms with Crippen molar-refractivity contribution in [3.8, 4) is 6.07 Å². The minimum Gasteiger partial charge on any atom is -0.394 e. The van der Waals surface area contributed by atoms with E-state index in [1.807, 2.05) is 19.1 Å². The van der Waals surface area contributed by atoms with Crippen LogP contribution in [0, 0.1) is 18.3 Å². The Morgan fingerprint density at radius 2 is 2.06 bits per heavy atom. The summed E-state index contributed by atoms with van der Waals surface area (Å²) in [5.74, 6) is -0.553. The van der Waals surface area contributed by atoms with E-state index in [9.17, 15) is 4.79 Å². The smallest absolute Gasteiger partial charge is 0.323 e. The fourth-order valence-corrected chi connectivity index (χ4v) is 1.19. The molecule has 0 aliphatic heterocycles. The van der Waals surface area contributed by atoms with E-state index >= 15 is 0 Å². The van der Waals surface area contributed by atoms with Crippen molar-refractivity contribution in [2.45, 2.75) is 6.92 Å². The monoisotopic (exact) mass is 228 g/mol. The third kappa shape index (κ3) is 2.46. The summed E-state index contributed by atoms with van der Waals surface area (Å²) >= 11 is 0. The van der Waals surface area contributed by atoms with Gasteiger partial charge in [0, 0.05) is 5.56 Å². The van der Waals surface area contributed by atoms with Gasteiger partial charge in [0.15, 0.2) is 6.07 Å². The number of nitrogens with one attached hydrogen (secondary N) is 1. The fraction of sp³-hybridized carbons (Fsp3) is 0.0909. The van der Waals surface area contributed by atoms with Crippen LogP contribution in [0.2, 0.25) is 0 Å². The molecular weight excluding hydrogens is 220 g/mol. The molecule has 0 atom stereocenters. The number of hydrogen-bond donors (Lipinski definition) is 1. The van der Waals surface area contributed by atoms with Crippen LogP contribution in [0.5, 0.6) is 0 Å². The van der Waals surface area contributed by atoms with Gasteiger partial charge in [0.25, 0.3) is 5.91 Å². The van der Waals surface area contributed by atoms with Crippen molar-refractivity contribution in [3.63, 3.8) is 0 Å². The Morgan fingerprint density at radius 3 is 2.65 bits per heavy atom. The lowest BCUT2D eigenvalue weighted by atomic mass is 10.1. The van der Waals surface area contributed by atoms with E-state index in [0.29, 0.717) is 5.56 Å². The van der Waals surface area contributed by atoms with Gasteiger partial charge < -0.3 is 4.42 Å². The molecule has 1 heterocycles. The van der Waals surface area contributed by atoms with Crippen molar-refractivity contribution in [2.75, 3.05) is 5.32 Å². The highest BCUT2D eigenvalue weighted by atomic mass is 16.4. The lowest BCUT2D eigenvalue weighted by Crippen LogP contribution is -2.11. The summed E-state index contributed by atoms with van der Waals surface area (Å²) < 4.78 is 4.83. The minimum atomic E-state index is -0.363. The van der Waals surface area contributed by atoms with Crippen LogP contribution in [0.25, 0.3) is 0 Å². The van der Waals surface area contributed by atoms with E-state index < -0.39 is 0 Å². The summed E-state index contributed by atoms with van der Waals surface area (Å²) in [6.45, 7) is 1.93. The van der Waals surface area contributed by atoms with Crippen molar-refractivity contribution in [1.29, 1.82) is 5.26 Å². The number of nitrogens with zero attached hydrogens (tertiary/aromatic N) is 3. The van der Waals surface area contributed by atoms with Crippen LogP contribution in [-0.2, 0) is 0 Å². The highest BCUT2D eigenvalue weighted by Gasteiger charge is 2.10. The summed E-state index contributed by atoms with van der Waals surface area (Å²) in [6, 6.07) is 8.60. The Labute approximate surface area is 96.9 Å². The summed E-state index contributed by atoms with van der Waals surface area (Å²) in [4.78, 5) is 11.7. The molecular formula is C11H8N4O2. The van der Waals surface area contributed by atoms with E-state index in [1.54, 1.807) is 18.2 Å². The van der Waals surface area contributed by atoms with Gasteiger partial charge in [-0.15, -0.1) is 0 Å². The molecule has 0 fully saturated rings. The Hall–Kier alpha value is -2.68. The number of carbonyl (C=O) groups excluding carboxylic acids is 1. The predicted octanol–water partition coefficient (Wildman–Crippen LogP) is 1.50. The lowest BCUT2D eigenvalue weighted by molar-refractivity contribution is 0.102. The predicted molar refractivity (Wildman–Crippen MR) is 58.1 cm³/mol. The van der Waals surface area contributed by atoms with E-state index in [0.717, 1.165) is 5.56 Å². The third-order valence-electron chi connectivity index (χ3n) is 2.05. The number of benzene rings is 1. The molecule has 1 amide bonds. The Morgan fingerprint density at radius 1 is 1.35 bits per heavy atom. The number of carbonyl (C=O) groups is 1. The van der Waals surface area contributed by atoms with Crippen molar-refractivity contribution in [2.24, 2.45) is 0 Å². The van der Waals surface area contributed by atoms with Crippen molar-refractivity contribution >= 4 is 11.9 Å². The van der Waals surface area contributed by atoms with Crippen molar-refractivity contribution in [1.82, 2.24) is 10.2 Å². The molecule has 0 unspecified atom stereocenters. The second-order valence-electron chi connectivity index (χ2n) is 3.34. The summed E-state index contributed by atoms with van der Waals surface area (Å²) in [6.07, 6.45) is 0. The van der Waals surface area contributed by atoms with Gasteiger partial charge in [-0.05, 0) is 19.1 Å². The third-order valence-corrected chi connectivity index (χ3v) is 2.05. The normalized spacial score (nSPS) is 9.65. The quantitative estimate of drug-likeness (QED) is 0.840. The SMILES string of the molecule is Cc1ccc(C(=O)Nc2nnc(C#N)o2)cc1. The van der Waals surface area contributed by atoms with Crippen LogP contribution in [0.3, 0.4) is 0 Å².